The van der Waals surface area contributed by atoms with Crippen molar-refractivity contribution in [3.63, 3.8) is 0 Å². The highest BCUT2D eigenvalue weighted by Crippen LogP contribution is 2.30. The maximum atomic E-state index is 13.6. The number of esters is 1. The van der Waals surface area contributed by atoms with Crippen LogP contribution in [0.3, 0.4) is 0 Å². The van der Waals surface area contributed by atoms with E-state index < -0.39 is 40.8 Å². The Balaban J connectivity index is 2.05. The van der Waals surface area contributed by atoms with Gasteiger partial charge in [-0.3, -0.25) is 0 Å². The first-order chi connectivity index (χ1) is 11.3. The summed E-state index contributed by atoms with van der Waals surface area (Å²) in [6, 6.07) is 8.17. The van der Waals surface area contributed by atoms with E-state index in [0.717, 1.165) is 0 Å². The minimum atomic E-state index is -2.32. The van der Waals surface area contributed by atoms with Crippen molar-refractivity contribution in [1.29, 1.82) is 0 Å². The smallest absolute Gasteiger partial charge is 0.360 e. The first-order valence-corrected chi connectivity index (χ1v) is 6.61. The molecular weight excluding hydrogens is 333 g/mol. The molecule has 0 bridgehead atoms. The fraction of sp³-hybridized carbons (Fsp3) is 0.0625. The molecule has 0 unspecified atom stereocenters. The summed E-state index contributed by atoms with van der Waals surface area (Å²) in [4.78, 5) is 12.1. The van der Waals surface area contributed by atoms with Gasteiger partial charge in [-0.1, -0.05) is 18.2 Å². The van der Waals surface area contributed by atoms with E-state index in [4.69, 9.17) is 0 Å². The van der Waals surface area contributed by atoms with Gasteiger partial charge in [0.15, 0.2) is 0 Å². The molecule has 3 aromatic rings. The summed E-state index contributed by atoms with van der Waals surface area (Å²) < 4.78 is 72.2. The largest absolute Gasteiger partial charge is 0.415 e. The van der Waals surface area contributed by atoms with E-state index in [-0.39, 0.29) is 5.69 Å². The molecule has 24 heavy (non-hydrogen) atoms. The van der Waals surface area contributed by atoms with Gasteiger partial charge in [-0.15, -0.1) is 0 Å². The molecule has 2 aromatic carbocycles. The van der Waals surface area contributed by atoms with Crippen LogP contribution in [0, 0.1) is 29.1 Å². The zero-order chi connectivity index (χ0) is 17.6. The number of ether oxygens (including phenoxy) is 1. The number of aryl methyl sites for hydroxylation is 1. The molecule has 124 valence electrons. The van der Waals surface area contributed by atoms with E-state index in [0.29, 0.717) is 10.9 Å². The molecule has 3 rings (SSSR count). The van der Waals surface area contributed by atoms with Gasteiger partial charge < -0.3 is 9.30 Å². The molecule has 0 aliphatic heterocycles. The third-order valence-electron chi connectivity index (χ3n) is 3.53. The molecule has 0 saturated carbocycles. The van der Waals surface area contributed by atoms with Gasteiger partial charge in [0.1, 0.15) is 5.69 Å². The number of halogens is 5. The number of carbonyl (C=O) groups is 1. The number of benzene rings is 2. The van der Waals surface area contributed by atoms with Crippen LogP contribution in [-0.2, 0) is 7.05 Å². The minimum Gasteiger partial charge on any atom is -0.415 e. The van der Waals surface area contributed by atoms with Gasteiger partial charge in [0.2, 0.25) is 34.8 Å². The van der Waals surface area contributed by atoms with Crippen molar-refractivity contribution in [3.05, 3.63) is 65.1 Å². The zero-order valence-electron chi connectivity index (χ0n) is 12.0. The third-order valence-corrected chi connectivity index (χ3v) is 3.53. The lowest BCUT2D eigenvalue weighted by molar-refractivity contribution is 0.0706. The average molecular weight is 341 g/mol. The Morgan fingerprint density at radius 1 is 0.917 bits per heavy atom. The first kappa shape index (κ1) is 16.0. The lowest BCUT2D eigenvalue weighted by Gasteiger charge is -2.09. The fourth-order valence-electron chi connectivity index (χ4n) is 2.30. The molecular formula is C16H8F5NO2. The van der Waals surface area contributed by atoms with Crippen molar-refractivity contribution in [3.8, 4) is 5.75 Å². The number of nitrogens with zero attached hydrogens (tertiary/aromatic N) is 1. The Morgan fingerprint density at radius 2 is 1.46 bits per heavy atom. The summed E-state index contributed by atoms with van der Waals surface area (Å²) in [6.45, 7) is 0. The molecule has 8 heteroatoms. The number of para-hydroxylation sites is 1. The molecule has 1 aromatic heterocycles. The number of fused-ring (bicyclic) bond motifs is 1. The second-order valence-electron chi connectivity index (χ2n) is 4.94. The number of hydrogen-bond acceptors (Lipinski definition) is 2. The standard InChI is InChI=1S/C16H8F5NO2/c1-22-8-5-3-2-4-7(8)6-9(22)16(23)24-15-13(20)11(18)10(17)12(19)14(15)21/h2-6H,1H3. The fourth-order valence-corrected chi connectivity index (χ4v) is 2.30. The predicted molar refractivity (Wildman–Crippen MR) is 74.1 cm³/mol. The summed E-state index contributed by atoms with van der Waals surface area (Å²) in [5.41, 5.74) is 0.516. The van der Waals surface area contributed by atoms with E-state index in [1.807, 2.05) is 0 Å². The zero-order valence-corrected chi connectivity index (χ0v) is 12.0. The van der Waals surface area contributed by atoms with Crippen molar-refractivity contribution in [1.82, 2.24) is 4.57 Å². The van der Waals surface area contributed by atoms with Gasteiger partial charge in [-0.05, 0) is 12.1 Å². The number of carbonyl (C=O) groups excluding carboxylic acids is 1. The van der Waals surface area contributed by atoms with E-state index in [1.165, 1.54) is 17.7 Å². The average Bonchev–Trinajstić information content (AvgIpc) is 2.92. The SMILES string of the molecule is Cn1c(C(=O)Oc2c(F)c(F)c(F)c(F)c2F)cc2ccccc21. The summed E-state index contributed by atoms with van der Waals surface area (Å²) in [7, 11) is 1.50. The van der Waals surface area contributed by atoms with Crippen LogP contribution in [0.25, 0.3) is 10.9 Å². The molecule has 0 atom stereocenters. The van der Waals surface area contributed by atoms with Crippen molar-refractivity contribution in [2.24, 2.45) is 7.05 Å². The lowest BCUT2D eigenvalue weighted by atomic mass is 10.2. The molecule has 0 amide bonds. The van der Waals surface area contributed by atoms with Gasteiger partial charge in [0.05, 0.1) is 0 Å². The minimum absolute atomic E-state index is 0.111. The van der Waals surface area contributed by atoms with E-state index in [9.17, 15) is 26.7 Å². The normalized spacial score (nSPS) is 11.1. The molecule has 0 N–H and O–H groups in total. The molecule has 1 heterocycles. The summed E-state index contributed by atoms with van der Waals surface area (Å²) >= 11 is 0. The van der Waals surface area contributed by atoms with Gasteiger partial charge in [0, 0.05) is 18.0 Å². The summed E-state index contributed by atoms with van der Waals surface area (Å²) in [5.74, 6) is -14.0. The predicted octanol–water partition coefficient (Wildman–Crippen LogP) is 4.09. The number of aromatic nitrogens is 1. The molecule has 0 saturated heterocycles. The quantitative estimate of drug-likeness (QED) is 0.231. The van der Waals surface area contributed by atoms with Gasteiger partial charge in [-0.25, -0.2) is 18.0 Å². The van der Waals surface area contributed by atoms with Crippen LogP contribution < -0.4 is 4.74 Å². The highest BCUT2D eigenvalue weighted by molar-refractivity contribution is 5.96. The number of hydrogen-bond donors (Lipinski definition) is 0. The van der Waals surface area contributed by atoms with Gasteiger partial charge >= 0.3 is 5.97 Å². The van der Waals surface area contributed by atoms with Crippen molar-refractivity contribution in [2.45, 2.75) is 0 Å². The van der Waals surface area contributed by atoms with E-state index in [2.05, 4.69) is 4.74 Å². The van der Waals surface area contributed by atoms with Crippen molar-refractivity contribution in [2.75, 3.05) is 0 Å². The van der Waals surface area contributed by atoms with Crippen LogP contribution >= 0.6 is 0 Å². The molecule has 0 aliphatic carbocycles. The Hall–Kier alpha value is -2.90. The van der Waals surface area contributed by atoms with Crippen LogP contribution in [0.2, 0.25) is 0 Å². The molecule has 0 radical (unpaired) electrons. The topological polar surface area (TPSA) is 31.2 Å². The molecule has 0 aliphatic rings. The highest BCUT2D eigenvalue weighted by atomic mass is 19.2. The summed E-state index contributed by atoms with van der Waals surface area (Å²) in [6.07, 6.45) is 0. The van der Waals surface area contributed by atoms with E-state index in [1.54, 1.807) is 24.3 Å². The number of rotatable bonds is 2. The molecule has 3 nitrogen and oxygen atoms in total. The second kappa shape index (κ2) is 5.63. The Morgan fingerprint density at radius 3 is 2.04 bits per heavy atom. The highest BCUT2D eigenvalue weighted by Gasteiger charge is 2.29. The van der Waals surface area contributed by atoms with Crippen LogP contribution in [0.15, 0.2) is 30.3 Å². The monoisotopic (exact) mass is 341 g/mol. The Bertz CT molecular complexity index is 951. The van der Waals surface area contributed by atoms with Crippen LogP contribution in [-0.4, -0.2) is 10.5 Å². The molecule has 0 fully saturated rings. The van der Waals surface area contributed by atoms with Crippen LogP contribution in [0.1, 0.15) is 10.5 Å². The van der Waals surface area contributed by atoms with Crippen LogP contribution in [0.5, 0.6) is 5.75 Å². The summed E-state index contributed by atoms with van der Waals surface area (Å²) in [5, 5.41) is 0.643. The maximum absolute atomic E-state index is 13.6. The van der Waals surface area contributed by atoms with E-state index >= 15 is 0 Å². The molecule has 0 spiro atoms. The van der Waals surface area contributed by atoms with Crippen molar-refractivity contribution < 1.29 is 31.5 Å². The maximum Gasteiger partial charge on any atom is 0.360 e. The van der Waals surface area contributed by atoms with Crippen molar-refractivity contribution >= 4 is 16.9 Å². The Labute approximate surface area is 131 Å². The van der Waals surface area contributed by atoms with Gasteiger partial charge in [-0.2, -0.15) is 8.78 Å². The lowest BCUT2D eigenvalue weighted by Crippen LogP contribution is -2.16. The van der Waals surface area contributed by atoms with Crippen LogP contribution in [0.4, 0.5) is 22.0 Å². The first-order valence-electron chi connectivity index (χ1n) is 6.61. The second-order valence-corrected chi connectivity index (χ2v) is 4.94. The van der Waals surface area contributed by atoms with Gasteiger partial charge in [0.25, 0.3) is 0 Å². The third kappa shape index (κ3) is 2.31. The Kier molecular flexibility index (Phi) is 3.75.